The summed E-state index contributed by atoms with van der Waals surface area (Å²) in [5.41, 5.74) is 3.02. The number of benzene rings is 3. The molecule has 1 aromatic heterocycles. The Kier molecular flexibility index (Phi) is 6.27. The summed E-state index contributed by atoms with van der Waals surface area (Å²) >= 11 is 0. The van der Waals surface area contributed by atoms with Crippen molar-refractivity contribution in [1.29, 1.82) is 5.26 Å². The van der Waals surface area contributed by atoms with E-state index in [2.05, 4.69) is 11.0 Å². The molecule has 2 heterocycles. The van der Waals surface area contributed by atoms with E-state index in [4.69, 9.17) is 0 Å². The number of aldehydes is 1. The Morgan fingerprint density at radius 3 is 2.35 bits per heavy atom. The number of hydrogen-bond donors (Lipinski definition) is 0. The summed E-state index contributed by atoms with van der Waals surface area (Å²) in [7, 11) is -3.98. The molecule has 4 aromatic rings. The fourth-order valence-electron chi connectivity index (χ4n) is 4.70. The summed E-state index contributed by atoms with van der Waals surface area (Å²) in [5.74, 6) is -0.346. The van der Waals surface area contributed by atoms with Crippen molar-refractivity contribution in [1.82, 2.24) is 8.87 Å². The third-order valence-electron chi connectivity index (χ3n) is 6.65. The number of piperazine rings is 1. The van der Waals surface area contributed by atoms with Crippen LogP contribution in [0.15, 0.2) is 77.8 Å². The Hall–Kier alpha value is -4.42. The van der Waals surface area contributed by atoms with Crippen molar-refractivity contribution in [3.63, 3.8) is 0 Å². The maximum atomic E-state index is 13.7. The van der Waals surface area contributed by atoms with Gasteiger partial charge in [0.1, 0.15) is 12.4 Å². The summed E-state index contributed by atoms with van der Waals surface area (Å²) in [6.45, 7) is 3.68. The van der Waals surface area contributed by atoms with E-state index in [0.29, 0.717) is 49.0 Å². The highest BCUT2D eigenvalue weighted by Gasteiger charge is 2.28. The van der Waals surface area contributed by atoms with Crippen LogP contribution < -0.4 is 4.90 Å². The second-order valence-corrected chi connectivity index (χ2v) is 10.8. The van der Waals surface area contributed by atoms with Crippen molar-refractivity contribution >= 4 is 38.8 Å². The van der Waals surface area contributed by atoms with Crippen LogP contribution in [0.2, 0.25) is 0 Å². The normalized spacial score (nSPS) is 13.9. The van der Waals surface area contributed by atoms with E-state index < -0.39 is 10.0 Å². The molecular weight excluding hydrogens is 488 g/mol. The number of aryl methyl sites for hydroxylation is 1. The highest BCUT2D eigenvalue weighted by Crippen LogP contribution is 2.29. The molecule has 8 nitrogen and oxygen atoms in total. The number of fused-ring (bicyclic) bond motifs is 1. The number of amides is 1. The van der Waals surface area contributed by atoms with E-state index in [0.717, 1.165) is 15.2 Å². The van der Waals surface area contributed by atoms with Crippen molar-refractivity contribution in [3.8, 4) is 6.07 Å². The molecule has 1 fully saturated rings. The van der Waals surface area contributed by atoms with E-state index in [9.17, 15) is 23.3 Å². The number of carbonyl (C=O) groups excluding carboxylic acids is 2. The first-order valence-electron chi connectivity index (χ1n) is 11.8. The van der Waals surface area contributed by atoms with Gasteiger partial charge < -0.3 is 9.80 Å². The Morgan fingerprint density at radius 1 is 0.973 bits per heavy atom. The predicted octanol–water partition coefficient (Wildman–Crippen LogP) is 3.83. The van der Waals surface area contributed by atoms with Crippen molar-refractivity contribution < 1.29 is 18.0 Å². The Morgan fingerprint density at radius 2 is 1.68 bits per heavy atom. The van der Waals surface area contributed by atoms with Gasteiger partial charge in [-0.05, 0) is 49.4 Å². The fraction of sp³-hybridized carbons (Fsp3) is 0.179. The molecule has 0 spiro atoms. The zero-order chi connectivity index (χ0) is 26.2. The number of hydrogen-bond acceptors (Lipinski definition) is 6. The van der Waals surface area contributed by atoms with Gasteiger partial charge in [-0.3, -0.25) is 9.59 Å². The van der Waals surface area contributed by atoms with Crippen molar-refractivity contribution in [2.75, 3.05) is 31.1 Å². The van der Waals surface area contributed by atoms with Crippen LogP contribution in [0.3, 0.4) is 0 Å². The number of aromatic nitrogens is 1. The first kappa shape index (κ1) is 24.3. The minimum atomic E-state index is -3.98. The van der Waals surface area contributed by atoms with Gasteiger partial charge in [0, 0.05) is 43.3 Å². The lowest BCUT2D eigenvalue weighted by Gasteiger charge is -2.36. The van der Waals surface area contributed by atoms with Crippen molar-refractivity contribution in [2.45, 2.75) is 11.8 Å². The van der Waals surface area contributed by atoms with Crippen molar-refractivity contribution in [2.24, 2.45) is 0 Å². The molecular formula is C28H24N4O4S. The highest BCUT2D eigenvalue weighted by atomic mass is 32.2. The zero-order valence-corrected chi connectivity index (χ0v) is 21.0. The molecule has 0 aliphatic carbocycles. The molecule has 1 aliphatic heterocycles. The molecule has 0 N–H and O–H groups in total. The van der Waals surface area contributed by atoms with Gasteiger partial charge >= 0.3 is 0 Å². The average Bonchev–Trinajstić information content (AvgIpc) is 3.37. The Bertz CT molecular complexity index is 1660. The largest absolute Gasteiger partial charge is 0.367 e. The SMILES string of the molecule is Cc1ccc(S(=O)(=O)n2ccc3cc(C=O)cc(C(=O)N4CCN(c5ccccc5C#N)CC4)c32)cc1. The Balaban J connectivity index is 1.51. The third kappa shape index (κ3) is 4.36. The average molecular weight is 513 g/mol. The third-order valence-corrected chi connectivity index (χ3v) is 8.34. The van der Waals surface area contributed by atoms with E-state index in [-0.39, 0.29) is 21.9 Å². The maximum absolute atomic E-state index is 13.7. The number of rotatable bonds is 5. The van der Waals surface area contributed by atoms with Crippen LogP contribution in [0.1, 0.15) is 31.8 Å². The van der Waals surface area contributed by atoms with E-state index in [1.54, 1.807) is 35.2 Å². The molecule has 5 rings (SSSR count). The molecule has 0 atom stereocenters. The van der Waals surface area contributed by atoms with Gasteiger partial charge in [0.05, 0.1) is 27.2 Å². The zero-order valence-electron chi connectivity index (χ0n) is 20.2. The first-order chi connectivity index (χ1) is 17.8. The van der Waals surface area contributed by atoms with Crippen LogP contribution in [-0.2, 0) is 10.0 Å². The number of anilines is 1. The van der Waals surface area contributed by atoms with Crippen molar-refractivity contribution in [3.05, 3.63) is 95.2 Å². The van der Waals surface area contributed by atoms with Gasteiger partial charge in [-0.1, -0.05) is 29.8 Å². The number of nitriles is 1. The molecule has 37 heavy (non-hydrogen) atoms. The van der Waals surface area contributed by atoms with E-state index >= 15 is 0 Å². The molecule has 0 radical (unpaired) electrons. The molecule has 0 unspecified atom stereocenters. The van der Waals surface area contributed by atoms with Gasteiger partial charge in [-0.2, -0.15) is 5.26 Å². The Labute approximate surface area is 215 Å². The molecule has 9 heteroatoms. The summed E-state index contributed by atoms with van der Waals surface area (Å²) < 4.78 is 28.2. The van der Waals surface area contributed by atoms with Crippen LogP contribution in [0.5, 0.6) is 0 Å². The summed E-state index contributed by atoms with van der Waals surface area (Å²) in [6, 6.07) is 20.7. The fourth-order valence-corrected chi connectivity index (χ4v) is 6.07. The summed E-state index contributed by atoms with van der Waals surface area (Å²) in [5, 5.41) is 9.92. The molecule has 1 amide bonds. The molecule has 1 aliphatic rings. The molecule has 1 saturated heterocycles. The lowest BCUT2D eigenvalue weighted by molar-refractivity contribution is 0.0748. The minimum absolute atomic E-state index is 0.109. The van der Waals surface area contributed by atoms with Gasteiger partial charge in [0.25, 0.3) is 15.9 Å². The second kappa shape index (κ2) is 9.56. The highest BCUT2D eigenvalue weighted by molar-refractivity contribution is 7.90. The van der Waals surface area contributed by atoms with Gasteiger partial charge in [-0.15, -0.1) is 0 Å². The quantitative estimate of drug-likeness (QED) is 0.377. The van der Waals surface area contributed by atoms with E-state index in [1.807, 2.05) is 25.1 Å². The smallest absolute Gasteiger partial charge is 0.268 e. The lowest BCUT2D eigenvalue weighted by Crippen LogP contribution is -2.49. The first-order valence-corrected chi connectivity index (χ1v) is 13.2. The van der Waals surface area contributed by atoms with Gasteiger partial charge in [-0.25, -0.2) is 12.4 Å². The standard InChI is InChI=1S/C28H24N4O4S/c1-20-6-8-24(9-7-20)37(35,36)32-11-10-22-16-21(19-33)17-25(27(22)32)28(34)31-14-12-30(13-15-31)26-5-3-2-4-23(26)18-29/h2-11,16-17,19H,12-15H2,1H3. The second-order valence-electron chi connectivity index (χ2n) is 8.96. The number of carbonyl (C=O) groups is 2. The molecule has 0 bridgehead atoms. The van der Waals surface area contributed by atoms with E-state index in [1.165, 1.54) is 24.4 Å². The monoisotopic (exact) mass is 512 g/mol. The summed E-state index contributed by atoms with van der Waals surface area (Å²) in [6.07, 6.45) is 2.07. The van der Waals surface area contributed by atoms with Crippen LogP contribution in [0.4, 0.5) is 5.69 Å². The van der Waals surface area contributed by atoms with Crippen LogP contribution in [-0.4, -0.2) is 55.7 Å². The predicted molar refractivity (Wildman–Crippen MR) is 140 cm³/mol. The number of para-hydroxylation sites is 1. The lowest BCUT2D eigenvalue weighted by atomic mass is 10.1. The number of nitrogens with zero attached hydrogens (tertiary/aromatic N) is 4. The molecule has 186 valence electrons. The van der Waals surface area contributed by atoms with Gasteiger partial charge in [0.2, 0.25) is 0 Å². The molecule has 0 saturated carbocycles. The van der Waals surface area contributed by atoms with Crippen LogP contribution in [0, 0.1) is 18.3 Å². The minimum Gasteiger partial charge on any atom is -0.367 e. The topological polar surface area (TPSA) is 103 Å². The molecule has 3 aromatic carbocycles. The maximum Gasteiger partial charge on any atom is 0.268 e. The van der Waals surface area contributed by atoms with Crippen LogP contribution in [0.25, 0.3) is 10.9 Å². The summed E-state index contributed by atoms with van der Waals surface area (Å²) in [4.78, 5) is 29.2. The van der Waals surface area contributed by atoms with Gasteiger partial charge in [0.15, 0.2) is 0 Å². The van der Waals surface area contributed by atoms with Crippen LogP contribution >= 0.6 is 0 Å².